The number of hydrogen-bond acceptors (Lipinski definition) is 4. The number of carbonyl (C=O) groups is 3. The normalized spacial score (nSPS) is 14.9. The van der Waals surface area contributed by atoms with Crippen LogP contribution >= 0.6 is 0 Å². The van der Waals surface area contributed by atoms with Crippen molar-refractivity contribution in [2.75, 3.05) is 11.4 Å². The monoisotopic (exact) mass is 366 g/mol. The summed E-state index contributed by atoms with van der Waals surface area (Å²) in [5.74, 6) is -0.265. The van der Waals surface area contributed by atoms with Gasteiger partial charge in [-0.1, -0.05) is 30.3 Å². The van der Waals surface area contributed by atoms with Crippen molar-refractivity contribution in [2.24, 2.45) is 0 Å². The van der Waals surface area contributed by atoms with Crippen LogP contribution in [0.4, 0.5) is 5.69 Å². The molecule has 2 aromatic rings. The first-order valence-corrected chi connectivity index (χ1v) is 8.74. The number of anilines is 1. The number of Topliss-reactive ketones (excluding diaryl/α,β-unsaturated/α-hetero) is 1. The van der Waals surface area contributed by atoms with E-state index in [1.165, 1.54) is 11.8 Å². The number of nitrogens with zero attached hydrogens (tertiary/aromatic N) is 1. The molecule has 6 nitrogen and oxygen atoms in total. The van der Waals surface area contributed by atoms with Gasteiger partial charge in [0, 0.05) is 12.1 Å². The van der Waals surface area contributed by atoms with Crippen molar-refractivity contribution in [1.29, 1.82) is 0 Å². The van der Waals surface area contributed by atoms with E-state index in [0.29, 0.717) is 23.5 Å². The van der Waals surface area contributed by atoms with Gasteiger partial charge in [-0.05, 0) is 44.5 Å². The number of nitrogens with one attached hydrogen (secondary N) is 1. The first kappa shape index (κ1) is 18.6. The summed E-state index contributed by atoms with van der Waals surface area (Å²) in [4.78, 5) is 38.4. The predicted molar refractivity (Wildman–Crippen MR) is 102 cm³/mol. The molecule has 0 saturated carbocycles. The molecular weight excluding hydrogens is 344 g/mol. The Labute approximate surface area is 158 Å². The number of amides is 2. The first-order valence-electron chi connectivity index (χ1n) is 8.74. The molecule has 0 aliphatic carbocycles. The van der Waals surface area contributed by atoms with Gasteiger partial charge >= 0.3 is 0 Å². The molecule has 6 heteroatoms. The highest BCUT2D eigenvalue weighted by atomic mass is 16.5. The SMILES string of the molecule is CC(=O)c1ccc2c(c1)N(CC(=O)NCc1ccccc1)C(=O)C(C)(C)O2. The lowest BCUT2D eigenvalue weighted by atomic mass is 10.0. The Hall–Kier alpha value is -3.15. The highest BCUT2D eigenvalue weighted by molar-refractivity contribution is 6.07. The third kappa shape index (κ3) is 4.00. The van der Waals surface area contributed by atoms with Crippen molar-refractivity contribution in [2.45, 2.75) is 32.9 Å². The zero-order valence-electron chi connectivity index (χ0n) is 15.6. The zero-order chi connectivity index (χ0) is 19.6. The molecule has 0 unspecified atom stereocenters. The largest absolute Gasteiger partial charge is 0.476 e. The summed E-state index contributed by atoms with van der Waals surface area (Å²) >= 11 is 0. The Bertz CT molecular complexity index is 890. The van der Waals surface area contributed by atoms with Gasteiger partial charge in [-0.3, -0.25) is 19.3 Å². The van der Waals surface area contributed by atoms with Gasteiger partial charge in [0.1, 0.15) is 12.3 Å². The maximum atomic E-state index is 12.8. The number of fused-ring (bicyclic) bond motifs is 1. The average molecular weight is 366 g/mol. The van der Waals surface area contributed by atoms with Gasteiger partial charge in [-0.25, -0.2) is 0 Å². The van der Waals surface area contributed by atoms with E-state index in [-0.39, 0.29) is 24.1 Å². The van der Waals surface area contributed by atoms with Gasteiger partial charge in [0.15, 0.2) is 11.4 Å². The van der Waals surface area contributed by atoms with Crippen molar-refractivity contribution in [3.05, 3.63) is 59.7 Å². The van der Waals surface area contributed by atoms with E-state index in [4.69, 9.17) is 4.74 Å². The summed E-state index contributed by atoms with van der Waals surface area (Å²) < 4.78 is 5.77. The van der Waals surface area contributed by atoms with Crippen molar-refractivity contribution >= 4 is 23.3 Å². The molecule has 3 rings (SSSR count). The smallest absolute Gasteiger partial charge is 0.271 e. The van der Waals surface area contributed by atoms with E-state index in [1.807, 2.05) is 30.3 Å². The first-order chi connectivity index (χ1) is 12.8. The molecule has 2 aromatic carbocycles. The number of ether oxygens (including phenoxy) is 1. The van der Waals surface area contributed by atoms with Crippen molar-refractivity contribution in [3.8, 4) is 5.75 Å². The molecule has 1 heterocycles. The van der Waals surface area contributed by atoms with Crippen LogP contribution in [-0.4, -0.2) is 29.7 Å². The summed E-state index contributed by atoms with van der Waals surface area (Å²) in [5.41, 5.74) is 0.768. The Kier molecular flexibility index (Phi) is 4.99. The van der Waals surface area contributed by atoms with E-state index < -0.39 is 5.60 Å². The van der Waals surface area contributed by atoms with E-state index in [1.54, 1.807) is 32.0 Å². The summed E-state index contributed by atoms with van der Waals surface area (Å²) in [5, 5.41) is 2.82. The Morgan fingerprint density at radius 3 is 2.48 bits per heavy atom. The molecule has 0 fully saturated rings. The minimum atomic E-state index is -1.09. The molecule has 140 valence electrons. The second-order valence-electron chi connectivity index (χ2n) is 7.00. The maximum absolute atomic E-state index is 12.8. The van der Waals surface area contributed by atoms with Gasteiger partial charge in [0.2, 0.25) is 5.91 Å². The minimum absolute atomic E-state index is 0.122. The minimum Gasteiger partial charge on any atom is -0.476 e. The highest BCUT2D eigenvalue weighted by Gasteiger charge is 2.41. The average Bonchev–Trinajstić information content (AvgIpc) is 2.64. The van der Waals surface area contributed by atoms with Crippen molar-refractivity contribution < 1.29 is 19.1 Å². The third-order valence-corrected chi connectivity index (χ3v) is 4.42. The standard InChI is InChI=1S/C21H22N2O4/c1-14(24)16-9-10-18-17(11-16)23(20(26)21(2,3)27-18)13-19(25)22-12-15-7-5-4-6-8-15/h4-11H,12-13H2,1-3H3,(H,22,25). The molecule has 27 heavy (non-hydrogen) atoms. The number of ketones is 1. The fourth-order valence-corrected chi connectivity index (χ4v) is 2.94. The van der Waals surface area contributed by atoms with Crippen LogP contribution in [0.15, 0.2) is 48.5 Å². The van der Waals surface area contributed by atoms with E-state index in [2.05, 4.69) is 5.32 Å². The van der Waals surface area contributed by atoms with Gasteiger partial charge in [-0.2, -0.15) is 0 Å². The van der Waals surface area contributed by atoms with Crippen molar-refractivity contribution in [3.63, 3.8) is 0 Å². The highest BCUT2D eigenvalue weighted by Crippen LogP contribution is 2.38. The second-order valence-corrected chi connectivity index (χ2v) is 7.00. The molecule has 0 bridgehead atoms. The van der Waals surface area contributed by atoms with E-state index in [0.717, 1.165) is 5.56 Å². The van der Waals surface area contributed by atoms with Gasteiger partial charge in [0.25, 0.3) is 5.91 Å². The topological polar surface area (TPSA) is 75.7 Å². The van der Waals surface area contributed by atoms with E-state index in [9.17, 15) is 14.4 Å². The Balaban J connectivity index is 1.82. The fraction of sp³-hybridized carbons (Fsp3) is 0.286. The maximum Gasteiger partial charge on any atom is 0.271 e. The molecule has 1 aliphatic heterocycles. The Morgan fingerprint density at radius 2 is 1.81 bits per heavy atom. The molecule has 0 atom stereocenters. The molecule has 0 aromatic heterocycles. The lowest BCUT2D eigenvalue weighted by Gasteiger charge is -2.38. The van der Waals surface area contributed by atoms with E-state index >= 15 is 0 Å². The quantitative estimate of drug-likeness (QED) is 0.826. The number of carbonyl (C=O) groups excluding carboxylic acids is 3. The van der Waals surface area contributed by atoms with Crippen LogP contribution in [0, 0.1) is 0 Å². The van der Waals surface area contributed by atoms with Crippen LogP contribution < -0.4 is 15.0 Å². The molecule has 1 N–H and O–H groups in total. The number of rotatable bonds is 5. The van der Waals surface area contributed by atoms with Crippen molar-refractivity contribution in [1.82, 2.24) is 5.32 Å². The lowest BCUT2D eigenvalue weighted by Crippen LogP contribution is -2.55. The summed E-state index contributed by atoms with van der Waals surface area (Å²) in [6.45, 7) is 5.00. The summed E-state index contributed by atoms with van der Waals surface area (Å²) in [6.07, 6.45) is 0. The van der Waals surface area contributed by atoms with Crippen LogP contribution in [0.1, 0.15) is 36.7 Å². The molecular formula is C21H22N2O4. The van der Waals surface area contributed by atoms with Gasteiger partial charge < -0.3 is 10.1 Å². The molecule has 1 aliphatic rings. The fourth-order valence-electron chi connectivity index (χ4n) is 2.94. The number of benzene rings is 2. The molecule has 0 radical (unpaired) electrons. The molecule has 0 saturated heterocycles. The van der Waals surface area contributed by atoms with Crippen LogP contribution in [0.5, 0.6) is 5.75 Å². The van der Waals surface area contributed by atoms with Crippen LogP contribution in [0.25, 0.3) is 0 Å². The van der Waals surface area contributed by atoms with Crippen LogP contribution in [0.3, 0.4) is 0 Å². The lowest BCUT2D eigenvalue weighted by molar-refractivity contribution is -0.134. The van der Waals surface area contributed by atoms with Gasteiger partial charge in [-0.15, -0.1) is 0 Å². The number of hydrogen-bond donors (Lipinski definition) is 1. The summed E-state index contributed by atoms with van der Waals surface area (Å²) in [7, 11) is 0. The summed E-state index contributed by atoms with van der Waals surface area (Å²) in [6, 6.07) is 14.4. The molecule has 0 spiro atoms. The van der Waals surface area contributed by atoms with Crippen LogP contribution in [-0.2, 0) is 16.1 Å². The third-order valence-electron chi connectivity index (χ3n) is 4.42. The zero-order valence-corrected chi connectivity index (χ0v) is 15.6. The second kappa shape index (κ2) is 7.23. The predicted octanol–water partition coefficient (Wildman–Crippen LogP) is 2.71. The Morgan fingerprint density at radius 1 is 1.11 bits per heavy atom. The van der Waals surface area contributed by atoms with Gasteiger partial charge in [0.05, 0.1) is 5.69 Å². The molecule has 2 amide bonds. The van der Waals surface area contributed by atoms with Crippen LogP contribution in [0.2, 0.25) is 0 Å².